The number of ether oxygens (including phenoxy) is 1. The zero-order chi connectivity index (χ0) is 21.8. The van der Waals surface area contributed by atoms with Gasteiger partial charge in [-0.15, -0.1) is 0 Å². The van der Waals surface area contributed by atoms with Crippen molar-refractivity contribution in [1.82, 2.24) is 5.32 Å². The normalized spacial score (nSPS) is 12.9. The van der Waals surface area contributed by atoms with Crippen molar-refractivity contribution in [1.29, 1.82) is 0 Å². The Morgan fingerprint density at radius 2 is 1.77 bits per heavy atom. The smallest absolute Gasteiger partial charge is 0.311 e. The van der Waals surface area contributed by atoms with Crippen LogP contribution in [0.3, 0.4) is 0 Å². The number of aliphatic hydroxyl groups is 1. The lowest BCUT2D eigenvalue weighted by Crippen LogP contribution is -2.33. The van der Waals surface area contributed by atoms with E-state index in [2.05, 4.69) is 12.2 Å². The van der Waals surface area contributed by atoms with Crippen LogP contribution in [0.1, 0.15) is 74.4 Å². The molecular formula is C25H33NO4. The van der Waals surface area contributed by atoms with Crippen LogP contribution in [0.4, 0.5) is 0 Å². The molecule has 0 saturated heterocycles. The Morgan fingerprint density at radius 1 is 1.00 bits per heavy atom. The maximum atomic E-state index is 12.5. The molecule has 2 atom stereocenters. The molecule has 5 nitrogen and oxygen atoms in total. The average Bonchev–Trinajstić information content (AvgIpc) is 2.76. The van der Waals surface area contributed by atoms with Gasteiger partial charge in [-0.25, -0.2) is 0 Å². The van der Waals surface area contributed by atoms with E-state index in [0.717, 1.165) is 31.2 Å². The highest BCUT2D eigenvalue weighted by atomic mass is 16.5. The van der Waals surface area contributed by atoms with Gasteiger partial charge >= 0.3 is 5.97 Å². The summed E-state index contributed by atoms with van der Waals surface area (Å²) in [5.41, 5.74) is 1.36. The van der Waals surface area contributed by atoms with Crippen molar-refractivity contribution in [3.63, 3.8) is 0 Å². The summed E-state index contributed by atoms with van der Waals surface area (Å²) >= 11 is 0. The highest BCUT2D eigenvalue weighted by Gasteiger charge is 2.16. The minimum atomic E-state index is -0.638. The number of hydrogen-bond acceptors (Lipinski definition) is 5. The van der Waals surface area contributed by atoms with E-state index >= 15 is 0 Å². The number of benzene rings is 2. The van der Waals surface area contributed by atoms with E-state index in [1.165, 1.54) is 0 Å². The van der Waals surface area contributed by atoms with Gasteiger partial charge in [0.05, 0.1) is 6.10 Å². The fourth-order valence-corrected chi connectivity index (χ4v) is 3.22. The highest BCUT2D eigenvalue weighted by Crippen LogP contribution is 2.18. The number of Topliss-reactive ketones (excluding diaryl/α,β-unsaturated/α-hetero) is 1. The lowest BCUT2D eigenvalue weighted by molar-refractivity contribution is -0.134. The van der Waals surface area contributed by atoms with Gasteiger partial charge in [0.15, 0.2) is 5.78 Å². The minimum absolute atomic E-state index is 0.0373. The van der Waals surface area contributed by atoms with Crippen molar-refractivity contribution in [3.05, 3.63) is 65.7 Å². The van der Waals surface area contributed by atoms with Gasteiger partial charge in [-0.1, -0.05) is 68.7 Å². The van der Waals surface area contributed by atoms with E-state index in [1.807, 2.05) is 37.3 Å². The quantitative estimate of drug-likeness (QED) is 0.213. The van der Waals surface area contributed by atoms with E-state index in [1.54, 1.807) is 24.3 Å². The largest absolute Gasteiger partial charge is 0.427 e. The van der Waals surface area contributed by atoms with E-state index in [4.69, 9.17) is 4.74 Å². The fourth-order valence-electron chi connectivity index (χ4n) is 3.22. The third kappa shape index (κ3) is 8.09. The van der Waals surface area contributed by atoms with Crippen molar-refractivity contribution in [2.75, 3.05) is 6.54 Å². The number of carbonyl (C=O) groups is 2. The lowest BCUT2D eigenvalue weighted by Gasteiger charge is -2.20. The van der Waals surface area contributed by atoms with Crippen LogP contribution >= 0.6 is 0 Å². The van der Waals surface area contributed by atoms with Gasteiger partial charge in [0, 0.05) is 31.0 Å². The molecule has 2 rings (SSSR count). The third-order valence-electron chi connectivity index (χ3n) is 5.06. The van der Waals surface area contributed by atoms with Gasteiger partial charge < -0.3 is 15.2 Å². The summed E-state index contributed by atoms with van der Waals surface area (Å²) in [6.45, 7) is 4.47. The first-order valence-electron chi connectivity index (χ1n) is 10.8. The monoisotopic (exact) mass is 411 g/mol. The van der Waals surface area contributed by atoms with Gasteiger partial charge in [0.2, 0.25) is 0 Å². The Labute approximate surface area is 179 Å². The standard InChI is InChI=1S/C25H33NO4/c1-3-4-5-9-15-24(28)30-22-14-10-13-21(18-22)23(27)16-17-26-19(2)25(29)20-11-7-6-8-12-20/h6-8,10-14,18-19,25-26,29H,3-5,9,15-17H2,1-2H3. The summed E-state index contributed by atoms with van der Waals surface area (Å²) in [6, 6.07) is 16.0. The SMILES string of the molecule is CCCCCCC(=O)Oc1cccc(C(=O)CCNC(C)C(O)c2ccccc2)c1. The van der Waals surface area contributed by atoms with Crippen LogP contribution in [0.25, 0.3) is 0 Å². The van der Waals surface area contributed by atoms with Gasteiger partial charge in [-0.2, -0.15) is 0 Å². The molecule has 5 heteroatoms. The molecule has 0 spiro atoms. The number of unbranched alkanes of at least 4 members (excludes halogenated alkanes) is 3. The topological polar surface area (TPSA) is 75.6 Å². The number of esters is 1. The van der Waals surface area contributed by atoms with Crippen LogP contribution in [0.2, 0.25) is 0 Å². The van der Waals surface area contributed by atoms with Crippen molar-refractivity contribution >= 4 is 11.8 Å². The Morgan fingerprint density at radius 3 is 2.50 bits per heavy atom. The lowest BCUT2D eigenvalue weighted by atomic mass is 10.0. The third-order valence-corrected chi connectivity index (χ3v) is 5.06. The molecular weight excluding hydrogens is 378 g/mol. The van der Waals surface area contributed by atoms with Crippen molar-refractivity contribution in [3.8, 4) is 5.75 Å². The molecule has 0 aromatic heterocycles. The van der Waals surface area contributed by atoms with Gasteiger partial charge in [0.1, 0.15) is 5.75 Å². The molecule has 0 aliphatic carbocycles. The number of rotatable bonds is 13. The molecule has 0 heterocycles. The predicted octanol–water partition coefficient (Wildman–Crippen LogP) is 4.85. The van der Waals surface area contributed by atoms with Crippen LogP contribution in [0.15, 0.2) is 54.6 Å². The molecule has 0 bridgehead atoms. The molecule has 0 saturated carbocycles. The van der Waals surface area contributed by atoms with Crippen LogP contribution in [-0.4, -0.2) is 29.4 Å². The summed E-state index contributed by atoms with van der Waals surface area (Å²) < 4.78 is 5.37. The average molecular weight is 412 g/mol. The first-order valence-corrected chi connectivity index (χ1v) is 10.8. The summed E-state index contributed by atoms with van der Waals surface area (Å²) in [5, 5.41) is 13.6. The number of ketones is 1. The van der Waals surface area contributed by atoms with Crippen molar-refractivity contribution in [2.24, 2.45) is 0 Å². The van der Waals surface area contributed by atoms with Gasteiger partial charge in [-0.3, -0.25) is 9.59 Å². The van der Waals surface area contributed by atoms with E-state index < -0.39 is 6.10 Å². The van der Waals surface area contributed by atoms with Gasteiger partial charge in [0.25, 0.3) is 0 Å². The molecule has 0 fully saturated rings. The fraction of sp³-hybridized carbons (Fsp3) is 0.440. The van der Waals surface area contributed by atoms with E-state index in [9.17, 15) is 14.7 Å². The zero-order valence-corrected chi connectivity index (χ0v) is 18.0. The van der Waals surface area contributed by atoms with Crippen molar-refractivity contribution in [2.45, 2.75) is 64.5 Å². The number of aliphatic hydroxyl groups excluding tert-OH is 1. The van der Waals surface area contributed by atoms with Crippen LogP contribution < -0.4 is 10.1 Å². The molecule has 30 heavy (non-hydrogen) atoms. The molecule has 162 valence electrons. The maximum Gasteiger partial charge on any atom is 0.311 e. The Balaban J connectivity index is 1.78. The Kier molecular flexibility index (Phi) is 10.3. The number of hydrogen-bond donors (Lipinski definition) is 2. The second kappa shape index (κ2) is 12.9. The Bertz CT molecular complexity index is 791. The van der Waals surface area contributed by atoms with Crippen molar-refractivity contribution < 1.29 is 19.4 Å². The second-order valence-electron chi connectivity index (χ2n) is 7.58. The summed E-state index contributed by atoms with van der Waals surface area (Å²) in [7, 11) is 0. The zero-order valence-electron chi connectivity index (χ0n) is 18.0. The number of nitrogens with one attached hydrogen (secondary N) is 1. The number of carbonyl (C=O) groups excluding carboxylic acids is 2. The second-order valence-corrected chi connectivity index (χ2v) is 7.58. The predicted molar refractivity (Wildman–Crippen MR) is 119 cm³/mol. The maximum absolute atomic E-state index is 12.5. The summed E-state index contributed by atoms with van der Waals surface area (Å²) in [5.74, 6) is 0.105. The van der Waals surface area contributed by atoms with Crippen LogP contribution in [0, 0.1) is 0 Å². The molecule has 0 aliphatic heterocycles. The highest BCUT2D eigenvalue weighted by molar-refractivity contribution is 5.96. The summed E-state index contributed by atoms with van der Waals surface area (Å²) in [4.78, 5) is 24.4. The van der Waals surface area contributed by atoms with Crippen LogP contribution in [0.5, 0.6) is 5.75 Å². The first kappa shape index (κ1) is 23.8. The molecule has 0 amide bonds. The molecule has 2 aromatic rings. The molecule has 2 N–H and O–H groups in total. The van der Waals surface area contributed by atoms with Crippen LogP contribution in [-0.2, 0) is 4.79 Å². The molecule has 0 aliphatic rings. The van der Waals surface area contributed by atoms with E-state index in [0.29, 0.717) is 30.7 Å². The molecule has 2 aromatic carbocycles. The minimum Gasteiger partial charge on any atom is -0.427 e. The molecule has 2 unspecified atom stereocenters. The van der Waals surface area contributed by atoms with Gasteiger partial charge in [-0.05, 0) is 31.0 Å². The van der Waals surface area contributed by atoms with E-state index in [-0.39, 0.29) is 17.8 Å². The first-order chi connectivity index (χ1) is 14.5. The Hall–Kier alpha value is -2.50. The summed E-state index contributed by atoms with van der Waals surface area (Å²) in [6.07, 6.45) is 4.13. The molecule has 0 radical (unpaired) electrons.